The molecule has 10 heteroatoms. The van der Waals surface area contributed by atoms with Gasteiger partial charge in [0.2, 0.25) is 5.78 Å². The van der Waals surface area contributed by atoms with Gasteiger partial charge in [0, 0.05) is 5.56 Å². The second-order valence-corrected chi connectivity index (χ2v) is 8.72. The fourth-order valence-electron chi connectivity index (χ4n) is 3.95. The molecule has 0 N–H and O–H groups in total. The summed E-state index contributed by atoms with van der Waals surface area (Å²) in [4.78, 5) is 57.9. The van der Waals surface area contributed by atoms with E-state index in [0.29, 0.717) is 17.0 Å². The van der Waals surface area contributed by atoms with Crippen LogP contribution in [0.5, 0.6) is 5.75 Å². The van der Waals surface area contributed by atoms with Crippen LogP contribution in [0.1, 0.15) is 44.3 Å². The molecule has 0 aliphatic carbocycles. The van der Waals surface area contributed by atoms with Crippen molar-refractivity contribution in [3.63, 3.8) is 0 Å². The first-order valence-corrected chi connectivity index (χ1v) is 11.5. The molecule has 1 saturated heterocycles. The molecule has 1 aromatic heterocycles. The largest absolute Gasteiger partial charge is 0.497 e. The van der Waals surface area contributed by atoms with Crippen LogP contribution in [0.3, 0.4) is 0 Å². The SMILES string of the molecule is CCOC(=O)c1sc(N2C(=O)C(=O)C(C(=O)c3ccc(F)cc3)C2c2ccc(OC)cc2)nc1C. The van der Waals surface area contributed by atoms with Crippen LogP contribution in [-0.4, -0.2) is 42.1 Å². The lowest BCUT2D eigenvalue weighted by Crippen LogP contribution is -2.30. The minimum Gasteiger partial charge on any atom is -0.497 e. The number of amides is 1. The van der Waals surface area contributed by atoms with Crippen LogP contribution >= 0.6 is 11.3 Å². The first kappa shape index (κ1) is 24.2. The molecule has 35 heavy (non-hydrogen) atoms. The number of methoxy groups -OCH3 is 1. The highest BCUT2D eigenvalue weighted by atomic mass is 32.1. The zero-order chi connectivity index (χ0) is 25.3. The summed E-state index contributed by atoms with van der Waals surface area (Å²) in [5.41, 5.74) is 0.932. The molecule has 3 aromatic rings. The Hall–Kier alpha value is -3.92. The summed E-state index contributed by atoms with van der Waals surface area (Å²) < 4.78 is 23.7. The van der Waals surface area contributed by atoms with Gasteiger partial charge in [-0.2, -0.15) is 0 Å². The van der Waals surface area contributed by atoms with E-state index in [1.54, 1.807) is 38.1 Å². The van der Waals surface area contributed by atoms with Crippen LogP contribution in [-0.2, 0) is 14.3 Å². The van der Waals surface area contributed by atoms with Crippen molar-refractivity contribution < 1.29 is 33.0 Å². The highest BCUT2D eigenvalue weighted by Crippen LogP contribution is 2.43. The first-order valence-electron chi connectivity index (χ1n) is 10.7. The van der Waals surface area contributed by atoms with E-state index in [4.69, 9.17) is 9.47 Å². The number of hydrogen-bond donors (Lipinski definition) is 0. The molecule has 1 amide bonds. The molecule has 0 spiro atoms. The van der Waals surface area contributed by atoms with E-state index < -0.39 is 41.2 Å². The number of ether oxygens (including phenoxy) is 2. The molecular formula is C25H21FN2O6S. The number of Topliss-reactive ketones (excluding diaryl/α,β-unsaturated/α-hetero) is 2. The second-order valence-electron chi connectivity index (χ2n) is 7.74. The van der Waals surface area contributed by atoms with E-state index in [2.05, 4.69) is 4.98 Å². The summed E-state index contributed by atoms with van der Waals surface area (Å²) in [6.07, 6.45) is 0. The van der Waals surface area contributed by atoms with Crippen LogP contribution in [0.2, 0.25) is 0 Å². The van der Waals surface area contributed by atoms with Crippen LogP contribution in [0.25, 0.3) is 0 Å². The summed E-state index contributed by atoms with van der Waals surface area (Å²) in [7, 11) is 1.50. The molecule has 0 saturated carbocycles. The van der Waals surface area contributed by atoms with Gasteiger partial charge in [0.15, 0.2) is 10.9 Å². The van der Waals surface area contributed by atoms with Crippen molar-refractivity contribution >= 4 is 39.9 Å². The maximum Gasteiger partial charge on any atom is 0.350 e. The van der Waals surface area contributed by atoms with Crippen molar-refractivity contribution in [1.82, 2.24) is 4.98 Å². The Balaban J connectivity index is 1.83. The maximum atomic E-state index is 13.4. The molecule has 2 aromatic carbocycles. The Morgan fingerprint density at radius 2 is 1.74 bits per heavy atom. The Bertz CT molecular complexity index is 1300. The normalized spacial score (nSPS) is 17.5. The van der Waals surface area contributed by atoms with Crippen LogP contribution in [0.4, 0.5) is 9.52 Å². The van der Waals surface area contributed by atoms with Crippen molar-refractivity contribution in [2.75, 3.05) is 18.6 Å². The molecule has 0 radical (unpaired) electrons. The highest BCUT2D eigenvalue weighted by Gasteiger charge is 2.53. The average Bonchev–Trinajstić information content (AvgIpc) is 3.36. The van der Waals surface area contributed by atoms with Crippen molar-refractivity contribution in [2.45, 2.75) is 19.9 Å². The van der Waals surface area contributed by atoms with Gasteiger partial charge in [-0.15, -0.1) is 0 Å². The standard InChI is InChI=1S/C25H21FN2O6S/c1-4-34-24(32)22-13(2)27-25(35-22)28-19(14-7-11-17(33-3)12-8-14)18(21(30)23(28)31)20(29)15-5-9-16(26)10-6-15/h5-12,18-19H,4H2,1-3H3. The molecule has 2 heterocycles. The Kier molecular flexibility index (Phi) is 6.74. The number of carbonyl (C=O) groups is 4. The van der Waals surface area contributed by atoms with Gasteiger partial charge in [-0.1, -0.05) is 23.5 Å². The maximum absolute atomic E-state index is 13.4. The monoisotopic (exact) mass is 496 g/mol. The molecule has 1 aliphatic rings. The van der Waals surface area contributed by atoms with E-state index in [9.17, 15) is 23.6 Å². The highest BCUT2D eigenvalue weighted by molar-refractivity contribution is 7.17. The lowest BCUT2D eigenvalue weighted by atomic mass is 9.86. The van der Waals surface area contributed by atoms with Gasteiger partial charge in [-0.25, -0.2) is 14.2 Å². The fraction of sp³-hybridized carbons (Fsp3) is 0.240. The molecular weight excluding hydrogens is 475 g/mol. The summed E-state index contributed by atoms with van der Waals surface area (Å²) in [6.45, 7) is 3.43. The number of halogens is 1. The van der Waals surface area contributed by atoms with Gasteiger partial charge in [0.25, 0.3) is 5.91 Å². The van der Waals surface area contributed by atoms with Gasteiger partial charge < -0.3 is 9.47 Å². The van der Waals surface area contributed by atoms with Gasteiger partial charge in [0.05, 0.1) is 25.5 Å². The number of esters is 1. The third kappa shape index (κ3) is 4.44. The fourth-order valence-corrected chi connectivity index (χ4v) is 4.94. The minimum absolute atomic E-state index is 0.0964. The molecule has 2 atom stereocenters. The second kappa shape index (κ2) is 9.75. The molecule has 2 unspecified atom stereocenters. The number of aromatic nitrogens is 1. The summed E-state index contributed by atoms with van der Waals surface area (Å²) in [5.74, 6) is -4.42. The van der Waals surface area contributed by atoms with Crippen molar-refractivity contribution in [1.29, 1.82) is 0 Å². The number of rotatable bonds is 7. The van der Waals surface area contributed by atoms with E-state index in [-0.39, 0.29) is 22.2 Å². The molecule has 8 nitrogen and oxygen atoms in total. The van der Waals surface area contributed by atoms with E-state index in [1.165, 1.54) is 19.2 Å². The van der Waals surface area contributed by atoms with Gasteiger partial charge in [-0.3, -0.25) is 19.3 Å². The van der Waals surface area contributed by atoms with Crippen LogP contribution < -0.4 is 9.64 Å². The predicted molar refractivity (Wildman–Crippen MR) is 125 cm³/mol. The first-order chi connectivity index (χ1) is 16.8. The van der Waals surface area contributed by atoms with Gasteiger partial charge >= 0.3 is 5.97 Å². The Labute approximate surface area is 204 Å². The van der Waals surface area contributed by atoms with E-state index in [1.807, 2.05) is 0 Å². The number of thiazole rings is 1. The van der Waals surface area contributed by atoms with Crippen LogP contribution in [0, 0.1) is 18.7 Å². The predicted octanol–water partition coefficient (Wildman–Crippen LogP) is 3.93. The molecule has 4 rings (SSSR count). The number of benzene rings is 2. The lowest BCUT2D eigenvalue weighted by Gasteiger charge is -2.25. The zero-order valence-corrected chi connectivity index (χ0v) is 19.9. The zero-order valence-electron chi connectivity index (χ0n) is 19.1. The van der Waals surface area contributed by atoms with Crippen LogP contribution in [0.15, 0.2) is 48.5 Å². The smallest absolute Gasteiger partial charge is 0.350 e. The van der Waals surface area contributed by atoms with Crippen molar-refractivity contribution in [3.8, 4) is 5.75 Å². The number of anilines is 1. The molecule has 1 fully saturated rings. The summed E-state index contributed by atoms with van der Waals surface area (Å²) in [5, 5.41) is 0.0964. The number of aryl methyl sites for hydroxylation is 1. The average molecular weight is 497 g/mol. The van der Waals surface area contributed by atoms with Crippen molar-refractivity contribution in [2.24, 2.45) is 5.92 Å². The molecule has 180 valence electrons. The third-order valence-corrected chi connectivity index (χ3v) is 6.76. The van der Waals surface area contributed by atoms with Gasteiger partial charge in [-0.05, 0) is 55.8 Å². The van der Waals surface area contributed by atoms with Crippen molar-refractivity contribution in [3.05, 3.63) is 76.0 Å². The number of carbonyl (C=O) groups excluding carboxylic acids is 4. The number of nitrogens with zero attached hydrogens (tertiary/aromatic N) is 2. The topological polar surface area (TPSA) is 103 Å². The molecule has 1 aliphatic heterocycles. The quantitative estimate of drug-likeness (QED) is 0.211. The third-order valence-electron chi connectivity index (χ3n) is 5.63. The Morgan fingerprint density at radius 3 is 2.34 bits per heavy atom. The van der Waals surface area contributed by atoms with E-state index in [0.717, 1.165) is 28.4 Å². The van der Waals surface area contributed by atoms with Gasteiger partial charge in [0.1, 0.15) is 22.4 Å². The lowest BCUT2D eigenvalue weighted by molar-refractivity contribution is -0.135. The molecule has 0 bridgehead atoms. The number of ketones is 2. The Morgan fingerprint density at radius 1 is 1.09 bits per heavy atom. The summed E-state index contributed by atoms with van der Waals surface area (Å²) >= 11 is 0.910. The minimum atomic E-state index is -1.39. The van der Waals surface area contributed by atoms with E-state index >= 15 is 0 Å². The number of hydrogen-bond acceptors (Lipinski definition) is 8. The summed E-state index contributed by atoms with van der Waals surface area (Å²) in [6, 6.07) is 10.4.